The summed E-state index contributed by atoms with van der Waals surface area (Å²) in [6.07, 6.45) is 3.67. The van der Waals surface area contributed by atoms with Crippen LogP contribution in [0.5, 0.6) is 0 Å². The van der Waals surface area contributed by atoms with Gasteiger partial charge in [-0.1, -0.05) is 30.0 Å². The maximum atomic E-state index is 12.0. The molecule has 0 aliphatic rings. The van der Waals surface area contributed by atoms with Gasteiger partial charge in [-0.05, 0) is 17.0 Å². The Hall–Kier alpha value is -1.83. The molecule has 0 spiro atoms. The van der Waals surface area contributed by atoms with E-state index in [1.165, 1.54) is 11.3 Å². The lowest BCUT2D eigenvalue weighted by atomic mass is 10.1. The summed E-state index contributed by atoms with van der Waals surface area (Å²) >= 11 is 3.07. The highest BCUT2D eigenvalue weighted by atomic mass is 32.2. The topological polar surface area (TPSA) is 72.9 Å². The minimum Gasteiger partial charge on any atom is -0.329 e. The minimum absolute atomic E-state index is 0.244. The number of nitrogen functional groups attached to an aromatic ring is 1. The fourth-order valence-electron chi connectivity index (χ4n) is 2.12. The van der Waals surface area contributed by atoms with Crippen molar-refractivity contribution < 1.29 is 4.79 Å². The number of aryl methyl sites for hydroxylation is 1. The predicted octanol–water partition coefficient (Wildman–Crippen LogP) is 2.53. The van der Waals surface area contributed by atoms with E-state index in [9.17, 15) is 4.79 Å². The fraction of sp³-hybridized carbons (Fsp3) is 0.143. The summed E-state index contributed by atoms with van der Waals surface area (Å²) in [5.41, 5.74) is 3.23. The summed E-state index contributed by atoms with van der Waals surface area (Å²) in [6.45, 7) is 0. The third-order valence-electron chi connectivity index (χ3n) is 3.16. The van der Waals surface area contributed by atoms with E-state index < -0.39 is 0 Å². The normalized spacial score (nSPS) is 11.0. The molecular weight excluding hydrogens is 304 g/mol. The van der Waals surface area contributed by atoms with Crippen LogP contribution in [-0.2, 0) is 12.8 Å². The first-order chi connectivity index (χ1) is 10.2. The van der Waals surface area contributed by atoms with Gasteiger partial charge in [-0.3, -0.25) is 10.2 Å². The Bertz CT molecular complexity index is 793. The molecule has 5 nitrogen and oxygen atoms in total. The van der Waals surface area contributed by atoms with Gasteiger partial charge in [0.25, 0.3) is 5.91 Å². The largest absolute Gasteiger partial charge is 0.329 e. The number of nitrogens with one attached hydrogen (secondary N) is 1. The van der Waals surface area contributed by atoms with Crippen molar-refractivity contribution in [3.8, 4) is 0 Å². The first-order valence-electron chi connectivity index (χ1n) is 6.32. The van der Waals surface area contributed by atoms with E-state index in [1.807, 2.05) is 42.1 Å². The number of imidazole rings is 1. The van der Waals surface area contributed by atoms with Crippen molar-refractivity contribution in [3.05, 3.63) is 47.1 Å². The molecule has 0 saturated heterocycles. The molecule has 0 saturated carbocycles. The Balaban J connectivity index is 1.99. The molecule has 3 N–H and O–H groups in total. The van der Waals surface area contributed by atoms with E-state index in [0.29, 0.717) is 10.6 Å². The molecule has 108 valence electrons. The van der Waals surface area contributed by atoms with Gasteiger partial charge in [-0.2, -0.15) is 0 Å². The predicted molar refractivity (Wildman–Crippen MR) is 86.2 cm³/mol. The van der Waals surface area contributed by atoms with Crippen LogP contribution in [0.15, 0.2) is 41.8 Å². The Labute approximate surface area is 130 Å². The number of hydrogen-bond donors (Lipinski definition) is 2. The summed E-state index contributed by atoms with van der Waals surface area (Å²) in [5, 5.41) is 2.02. The number of carbonyl (C=O) groups excluding carboxylic acids is 1. The lowest BCUT2D eigenvalue weighted by molar-refractivity contribution is 0.0957. The Morgan fingerprint density at radius 3 is 3.00 bits per heavy atom. The molecule has 0 bridgehead atoms. The molecule has 0 aliphatic carbocycles. The third kappa shape index (κ3) is 2.67. The van der Waals surface area contributed by atoms with Crippen LogP contribution in [0.4, 0.5) is 0 Å². The van der Waals surface area contributed by atoms with Crippen LogP contribution in [0.3, 0.4) is 0 Å². The molecule has 1 amide bonds. The van der Waals surface area contributed by atoms with Crippen LogP contribution >= 0.6 is 23.1 Å². The van der Waals surface area contributed by atoms with E-state index in [-0.39, 0.29) is 5.91 Å². The summed E-state index contributed by atoms with van der Waals surface area (Å²) in [5.74, 6) is 5.73. The molecule has 3 aromatic rings. The molecule has 0 aliphatic heterocycles. The maximum absolute atomic E-state index is 12.0. The van der Waals surface area contributed by atoms with Crippen molar-refractivity contribution >= 4 is 39.1 Å². The van der Waals surface area contributed by atoms with E-state index in [1.54, 1.807) is 18.0 Å². The summed E-state index contributed by atoms with van der Waals surface area (Å²) < 4.78 is 3.05. The molecule has 2 heterocycles. The SMILES string of the molecule is Cn1ccnc1SCc1c(C(=O)NN)sc2ccccc12. The molecule has 0 radical (unpaired) electrons. The summed E-state index contributed by atoms with van der Waals surface area (Å²) in [7, 11) is 1.95. The number of amides is 1. The highest BCUT2D eigenvalue weighted by molar-refractivity contribution is 7.98. The van der Waals surface area contributed by atoms with Crippen LogP contribution in [0, 0.1) is 0 Å². The quantitative estimate of drug-likeness (QED) is 0.335. The summed E-state index contributed by atoms with van der Waals surface area (Å²) in [4.78, 5) is 16.9. The van der Waals surface area contributed by atoms with Gasteiger partial charge in [0.1, 0.15) is 0 Å². The lowest BCUT2D eigenvalue weighted by Gasteiger charge is -2.04. The second-order valence-corrected chi connectivity index (χ2v) is 6.48. The molecule has 0 fully saturated rings. The van der Waals surface area contributed by atoms with Gasteiger partial charge in [0, 0.05) is 29.9 Å². The van der Waals surface area contributed by atoms with Gasteiger partial charge in [0.05, 0.1) is 4.88 Å². The Morgan fingerprint density at radius 2 is 2.29 bits per heavy atom. The second kappa shape index (κ2) is 5.88. The van der Waals surface area contributed by atoms with Crippen LogP contribution in [0.1, 0.15) is 15.2 Å². The molecule has 21 heavy (non-hydrogen) atoms. The van der Waals surface area contributed by atoms with Gasteiger partial charge < -0.3 is 4.57 Å². The Kier molecular flexibility index (Phi) is 3.96. The van der Waals surface area contributed by atoms with Crippen molar-refractivity contribution in [2.24, 2.45) is 12.9 Å². The number of nitrogens with zero attached hydrogens (tertiary/aromatic N) is 2. The Morgan fingerprint density at radius 1 is 1.48 bits per heavy atom. The van der Waals surface area contributed by atoms with Gasteiger partial charge in [-0.25, -0.2) is 10.8 Å². The number of hydrogen-bond acceptors (Lipinski definition) is 5. The fourth-order valence-corrected chi connectivity index (χ4v) is 4.31. The number of carbonyl (C=O) groups is 1. The minimum atomic E-state index is -0.244. The standard InChI is InChI=1S/C14H14N4OS2/c1-18-7-6-16-14(18)20-8-10-9-4-2-3-5-11(9)21-12(10)13(19)17-15/h2-7H,8,15H2,1H3,(H,17,19). The average Bonchev–Trinajstić information content (AvgIpc) is 3.08. The number of aromatic nitrogens is 2. The number of fused-ring (bicyclic) bond motifs is 1. The molecular formula is C14H14N4OS2. The summed E-state index contributed by atoms with van der Waals surface area (Å²) in [6, 6.07) is 8.00. The van der Waals surface area contributed by atoms with E-state index in [2.05, 4.69) is 10.4 Å². The van der Waals surface area contributed by atoms with Crippen molar-refractivity contribution in [3.63, 3.8) is 0 Å². The van der Waals surface area contributed by atoms with E-state index >= 15 is 0 Å². The van der Waals surface area contributed by atoms with Crippen molar-refractivity contribution in [1.29, 1.82) is 0 Å². The van der Waals surface area contributed by atoms with Crippen LogP contribution in [-0.4, -0.2) is 15.5 Å². The van der Waals surface area contributed by atoms with E-state index in [4.69, 9.17) is 5.84 Å². The number of thioether (sulfide) groups is 1. The second-order valence-electron chi connectivity index (χ2n) is 4.49. The van der Waals surface area contributed by atoms with Gasteiger partial charge in [0.15, 0.2) is 5.16 Å². The number of nitrogens with two attached hydrogens (primary N) is 1. The highest BCUT2D eigenvalue weighted by Crippen LogP contribution is 2.35. The monoisotopic (exact) mass is 318 g/mol. The van der Waals surface area contributed by atoms with Crippen molar-refractivity contribution in [2.45, 2.75) is 10.9 Å². The van der Waals surface area contributed by atoms with E-state index in [0.717, 1.165) is 20.8 Å². The average molecular weight is 318 g/mol. The lowest BCUT2D eigenvalue weighted by Crippen LogP contribution is -2.29. The smallest absolute Gasteiger partial charge is 0.275 e. The van der Waals surface area contributed by atoms with Crippen LogP contribution < -0.4 is 11.3 Å². The molecule has 0 unspecified atom stereocenters. The zero-order valence-corrected chi connectivity index (χ0v) is 13.0. The van der Waals surface area contributed by atoms with Gasteiger partial charge in [0.2, 0.25) is 0 Å². The van der Waals surface area contributed by atoms with Crippen molar-refractivity contribution in [1.82, 2.24) is 15.0 Å². The zero-order chi connectivity index (χ0) is 14.8. The third-order valence-corrected chi connectivity index (χ3v) is 5.45. The highest BCUT2D eigenvalue weighted by Gasteiger charge is 2.18. The van der Waals surface area contributed by atoms with Crippen LogP contribution in [0.2, 0.25) is 0 Å². The molecule has 1 aromatic carbocycles. The first-order valence-corrected chi connectivity index (χ1v) is 8.12. The molecule has 2 aromatic heterocycles. The van der Waals surface area contributed by atoms with Gasteiger partial charge in [-0.15, -0.1) is 11.3 Å². The molecule has 3 rings (SSSR count). The first kappa shape index (κ1) is 14.1. The number of rotatable bonds is 4. The van der Waals surface area contributed by atoms with Crippen molar-refractivity contribution in [2.75, 3.05) is 0 Å². The number of thiophene rings is 1. The number of hydrazine groups is 1. The number of benzene rings is 1. The molecule has 0 atom stereocenters. The maximum Gasteiger partial charge on any atom is 0.275 e. The zero-order valence-electron chi connectivity index (χ0n) is 11.4. The van der Waals surface area contributed by atoms with Gasteiger partial charge >= 0.3 is 0 Å². The molecule has 7 heteroatoms. The van der Waals surface area contributed by atoms with Crippen LogP contribution in [0.25, 0.3) is 10.1 Å².